The molecule has 0 spiro atoms. The van der Waals surface area contributed by atoms with Crippen molar-refractivity contribution in [2.45, 2.75) is 58.7 Å². The van der Waals surface area contributed by atoms with Gasteiger partial charge in [0.1, 0.15) is 23.9 Å². The average Bonchev–Trinajstić information content (AvgIpc) is 3.34. The predicted molar refractivity (Wildman–Crippen MR) is 167 cm³/mol. The highest BCUT2D eigenvalue weighted by Gasteiger charge is 2.14. The van der Waals surface area contributed by atoms with E-state index in [9.17, 15) is 5.11 Å². The number of hydrogen-bond acceptors (Lipinski definition) is 6. The van der Waals surface area contributed by atoms with Gasteiger partial charge >= 0.3 is 0 Å². The third-order valence-corrected chi connectivity index (χ3v) is 7.67. The van der Waals surface area contributed by atoms with Gasteiger partial charge in [-0.05, 0) is 91.7 Å². The first-order valence-electron chi connectivity index (χ1n) is 13.5. The number of nitrogens with two attached hydrogens (primary N) is 1. The molecule has 0 aliphatic heterocycles. The molecule has 1 aromatic heterocycles. The Kier molecular flexibility index (Phi) is 9.77. The van der Waals surface area contributed by atoms with Crippen LogP contribution >= 0.6 is 11.3 Å². The zero-order valence-electron chi connectivity index (χ0n) is 23.9. The number of ether oxygens (including phenoxy) is 2. The number of fused-ring (bicyclic) bond motifs is 1. The number of benzene rings is 3. The highest BCUT2D eigenvalue weighted by molar-refractivity contribution is 7.17. The minimum Gasteiger partial charge on any atom is -0.493 e. The van der Waals surface area contributed by atoms with E-state index in [1.54, 1.807) is 32.1 Å². The monoisotopic (exact) mass is 568 g/mol. The maximum Gasteiger partial charge on any atom is 0.125 e. The van der Waals surface area contributed by atoms with Crippen LogP contribution in [0.1, 0.15) is 56.2 Å². The van der Waals surface area contributed by atoms with Crippen molar-refractivity contribution in [1.82, 2.24) is 0 Å². The molecule has 0 radical (unpaired) electrons. The zero-order valence-corrected chi connectivity index (χ0v) is 24.7. The van der Waals surface area contributed by atoms with Gasteiger partial charge in [-0.2, -0.15) is 5.53 Å². The van der Waals surface area contributed by atoms with Gasteiger partial charge in [0.25, 0.3) is 0 Å². The highest BCUT2D eigenvalue weighted by atomic mass is 32.1. The Hall–Kier alpha value is -4.19. The maximum atomic E-state index is 9.93. The first-order valence-corrected chi connectivity index (χ1v) is 14.3. The van der Waals surface area contributed by atoms with Gasteiger partial charge in [-0.3, -0.25) is 0 Å². The molecule has 41 heavy (non-hydrogen) atoms. The van der Waals surface area contributed by atoms with E-state index in [1.165, 1.54) is 21.2 Å². The van der Waals surface area contributed by atoms with Gasteiger partial charge in [0.2, 0.25) is 0 Å². The van der Waals surface area contributed by atoms with Gasteiger partial charge < -0.3 is 20.3 Å². The summed E-state index contributed by atoms with van der Waals surface area (Å²) in [7, 11) is 0. The van der Waals surface area contributed by atoms with Crippen LogP contribution in [-0.2, 0) is 6.61 Å². The fourth-order valence-electron chi connectivity index (χ4n) is 4.53. The summed E-state index contributed by atoms with van der Waals surface area (Å²) in [6.45, 7) is 8.37. The second-order valence-corrected chi connectivity index (χ2v) is 11.5. The number of amidine groups is 1. The van der Waals surface area contributed by atoms with Crippen LogP contribution in [0.3, 0.4) is 0 Å². The molecule has 0 unspecified atom stereocenters. The molecule has 3 aromatic carbocycles. The Balaban J connectivity index is 1.45. The van der Waals surface area contributed by atoms with Crippen LogP contribution in [0.4, 0.5) is 0 Å². The summed E-state index contributed by atoms with van der Waals surface area (Å²) in [4.78, 5) is 0. The molecule has 212 valence electrons. The van der Waals surface area contributed by atoms with Crippen molar-refractivity contribution in [2.75, 3.05) is 6.61 Å². The van der Waals surface area contributed by atoms with E-state index in [0.29, 0.717) is 26.1 Å². The molecule has 8 heteroatoms. The van der Waals surface area contributed by atoms with Crippen molar-refractivity contribution in [2.24, 2.45) is 16.1 Å². The topological polar surface area (TPSA) is 113 Å². The summed E-state index contributed by atoms with van der Waals surface area (Å²) in [6, 6.07) is 20.5. The number of thiophene rings is 1. The van der Waals surface area contributed by atoms with E-state index >= 15 is 0 Å². The molecule has 0 aliphatic carbocycles. The number of nitrogens with one attached hydrogen (secondary N) is 1. The largest absolute Gasteiger partial charge is 0.493 e. The Bertz CT molecular complexity index is 1590. The van der Waals surface area contributed by atoms with Gasteiger partial charge in [-0.25, -0.2) is 0 Å². The Morgan fingerprint density at radius 1 is 1.05 bits per heavy atom. The lowest BCUT2D eigenvalue weighted by Gasteiger charge is -2.17. The minimum atomic E-state index is -0.743. The van der Waals surface area contributed by atoms with Crippen molar-refractivity contribution in [1.29, 1.82) is 5.53 Å². The summed E-state index contributed by atoms with van der Waals surface area (Å²) in [5, 5.41) is 19.9. The molecule has 0 fully saturated rings. The summed E-state index contributed by atoms with van der Waals surface area (Å²) in [5.74, 6) is 7.81. The summed E-state index contributed by atoms with van der Waals surface area (Å²) < 4.78 is 13.2. The van der Waals surface area contributed by atoms with Gasteiger partial charge in [0.05, 0.1) is 18.1 Å². The molecule has 7 nitrogen and oxygen atoms in total. The van der Waals surface area contributed by atoms with Crippen LogP contribution in [0.25, 0.3) is 21.2 Å². The number of nitrogens with zero attached hydrogens (tertiary/aromatic N) is 2. The number of rotatable bonds is 12. The smallest absolute Gasteiger partial charge is 0.125 e. The predicted octanol–water partition coefficient (Wildman–Crippen LogP) is 7.80. The highest BCUT2D eigenvalue weighted by Crippen LogP contribution is 2.37. The van der Waals surface area contributed by atoms with Crippen LogP contribution in [0.2, 0.25) is 0 Å². The quantitative estimate of drug-likeness (QED) is 0.0532. The molecule has 4 rings (SSSR count). The normalized spacial score (nSPS) is 12.5. The molecule has 1 heterocycles. The van der Waals surface area contributed by atoms with E-state index < -0.39 is 5.60 Å². The second-order valence-electron chi connectivity index (χ2n) is 10.6. The molecular weight excluding hydrogens is 532 g/mol. The van der Waals surface area contributed by atoms with Gasteiger partial charge in [-0.1, -0.05) is 35.4 Å². The second kappa shape index (κ2) is 13.4. The standard InChI is InChI=1S/C33H36N4O3S/c1-5-6-25(19-32(34)36-37-35)24-8-10-26(11-9-24)40-20-23-7-14-31-29(18-23)30(21-41-31)28-13-12-27(17-22(28)2)39-16-15-33(3,4)38/h7-14,17-18,21,25,38H,15-16,19-20H2,1-4H3,(H3,34,35,36)/t25-/m0/s1. The lowest BCUT2D eigenvalue weighted by atomic mass is 9.95. The van der Waals surface area contributed by atoms with Gasteiger partial charge in [0.15, 0.2) is 0 Å². The van der Waals surface area contributed by atoms with Crippen molar-refractivity contribution < 1.29 is 14.6 Å². The molecule has 0 bridgehead atoms. The molecule has 4 aromatic rings. The summed E-state index contributed by atoms with van der Waals surface area (Å²) in [6.07, 6.45) is 0.977. The molecular formula is C33H36N4O3S. The zero-order chi connectivity index (χ0) is 29.4. The van der Waals surface area contributed by atoms with Gasteiger partial charge in [-0.15, -0.1) is 22.4 Å². The Labute approximate surface area is 245 Å². The van der Waals surface area contributed by atoms with Crippen LogP contribution in [-0.4, -0.2) is 23.2 Å². The van der Waals surface area contributed by atoms with Gasteiger partial charge in [0, 0.05) is 28.5 Å². The molecule has 1 atom stereocenters. The van der Waals surface area contributed by atoms with E-state index in [-0.39, 0.29) is 11.8 Å². The lowest BCUT2D eigenvalue weighted by molar-refractivity contribution is 0.0553. The first-order chi connectivity index (χ1) is 19.7. The van der Waals surface area contributed by atoms with Crippen molar-refractivity contribution >= 4 is 27.3 Å². The van der Waals surface area contributed by atoms with Crippen LogP contribution in [0.5, 0.6) is 11.5 Å². The van der Waals surface area contributed by atoms with E-state index in [1.807, 2.05) is 30.3 Å². The lowest BCUT2D eigenvalue weighted by Crippen LogP contribution is -2.21. The molecule has 0 amide bonds. The third kappa shape index (κ3) is 8.16. The van der Waals surface area contributed by atoms with E-state index in [2.05, 4.69) is 64.8 Å². The molecule has 0 saturated heterocycles. The van der Waals surface area contributed by atoms with Crippen molar-refractivity contribution in [3.8, 4) is 34.5 Å². The number of aryl methyl sites for hydroxylation is 1. The molecule has 0 aliphatic rings. The van der Waals surface area contributed by atoms with Crippen LogP contribution in [0.15, 0.2) is 76.4 Å². The Morgan fingerprint density at radius 3 is 2.49 bits per heavy atom. The number of aliphatic hydroxyl groups is 1. The summed E-state index contributed by atoms with van der Waals surface area (Å²) in [5.41, 5.74) is 17.6. The minimum absolute atomic E-state index is 0.129. The van der Waals surface area contributed by atoms with Crippen molar-refractivity contribution in [3.63, 3.8) is 0 Å². The van der Waals surface area contributed by atoms with Crippen LogP contribution < -0.4 is 15.2 Å². The Morgan fingerprint density at radius 2 is 1.80 bits per heavy atom. The third-order valence-electron chi connectivity index (χ3n) is 6.71. The van der Waals surface area contributed by atoms with E-state index in [4.69, 9.17) is 20.7 Å². The number of hydrogen-bond donors (Lipinski definition) is 3. The van der Waals surface area contributed by atoms with E-state index in [0.717, 1.165) is 28.2 Å². The fraction of sp³-hybridized carbons (Fsp3) is 0.303. The first kappa shape index (κ1) is 29.8. The summed E-state index contributed by atoms with van der Waals surface area (Å²) >= 11 is 1.73. The molecule has 4 N–H and O–H groups in total. The molecule has 0 saturated carbocycles. The maximum absolute atomic E-state index is 9.93. The van der Waals surface area contributed by atoms with Crippen molar-refractivity contribution in [3.05, 3.63) is 82.7 Å². The van der Waals surface area contributed by atoms with Crippen LogP contribution in [0, 0.1) is 24.3 Å². The SMILES string of the molecule is CC#C[C@@H](C/C(N)=N/N=N)c1ccc(OCc2ccc3scc(-c4ccc(OCCC(C)(C)O)cc4C)c3c2)cc1. The average molecular weight is 569 g/mol. The fourth-order valence-corrected chi connectivity index (χ4v) is 5.47.